The van der Waals surface area contributed by atoms with Crippen LogP contribution in [0.4, 0.5) is 11.1 Å². The van der Waals surface area contributed by atoms with Gasteiger partial charge in [0.2, 0.25) is 11.1 Å². The third-order valence-electron chi connectivity index (χ3n) is 3.20. The molecule has 8 nitrogen and oxygen atoms in total. The highest BCUT2D eigenvalue weighted by Crippen LogP contribution is 2.26. The molecule has 1 amide bonds. The van der Waals surface area contributed by atoms with E-state index in [-0.39, 0.29) is 12.0 Å². The third kappa shape index (κ3) is 4.27. The molecule has 1 aromatic carbocycles. The zero-order valence-corrected chi connectivity index (χ0v) is 14.4. The standard InChI is InChI=1S/C16H16N6O2S/c1-10(24-12-6-4-3-5-7-12)14-21-22-16(25-14)20-13(23)11-8-18-15(17-2)19-9-11/h3-10H,1-2H3,(H,17,18,19)(H,20,22,23). The van der Waals surface area contributed by atoms with Gasteiger partial charge in [0.1, 0.15) is 11.9 Å². The first kappa shape index (κ1) is 16.8. The Labute approximate surface area is 148 Å². The lowest BCUT2D eigenvalue weighted by molar-refractivity contribution is 0.102. The van der Waals surface area contributed by atoms with Gasteiger partial charge in [-0.05, 0) is 19.1 Å². The van der Waals surface area contributed by atoms with Crippen molar-refractivity contribution in [3.05, 3.63) is 53.3 Å². The largest absolute Gasteiger partial charge is 0.483 e. The first-order valence-electron chi connectivity index (χ1n) is 7.52. The van der Waals surface area contributed by atoms with Crippen LogP contribution < -0.4 is 15.4 Å². The molecule has 2 heterocycles. The maximum Gasteiger partial charge on any atom is 0.260 e. The fourth-order valence-corrected chi connectivity index (χ4v) is 2.67. The average Bonchev–Trinajstić information content (AvgIpc) is 3.11. The van der Waals surface area contributed by atoms with Crippen LogP contribution in [0.1, 0.15) is 28.4 Å². The molecule has 2 N–H and O–H groups in total. The lowest BCUT2D eigenvalue weighted by atomic mass is 10.3. The van der Waals surface area contributed by atoms with Crippen molar-refractivity contribution in [2.75, 3.05) is 17.7 Å². The van der Waals surface area contributed by atoms with Crippen LogP contribution in [0, 0.1) is 0 Å². The quantitative estimate of drug-likeness (QED) is 0.700. The van der Waals surface area contributed by atoms with E-state index >= 15 is 0 Å². The number of amides is 1. The molecular formula is C16H16N6O2S. The number of benzene rings is 1. The van der Waals surface area contributed by atoms with Crippen LogP contribution in [0.3, 0.4) is 0 Å². The Morgan fingerprint density at radius 3 is 2.56 bits per heavy atom. The lowest BCUT2D eigenvalue weighted by Crippen LogP contribution is -2.13. The summed E-state index contributed by atoms with van der Waals surface area (Å²) in [6.45, 7) is 1.88. The minimum absolute atomic E-state index is 0.274. The molecule has 9 heteroatoms. The van der Waals surface area contributed by atoms with Gasteiger partial charge in [-0.15, -0.1) is 10.2 Å². The first-order chi connectivity index (χ1) is 12.2. The summed E-state index contributed by atoms with van der Waals surface area (Å²) >= 11 is 1.26. The zero-order valence-electron chi connectivity index (χ0n) is 13.6. The van der Waals surface area contributed by atoms with E-state index in [1.165, 1.54) is 23.7 Å². The van der Waals surface area contributed by atoms with Crippen molar-refractivity contribution in [1.29, 1.82) is 0 Å². The Kier molecular flexibility index (Phi) is 5.14. The second-order valence-electron chi connectivity index (χ2n) is 5.02. The Hall–Kier alpha value is -3.07. The van der Waals surface area contributed by atoms with E-state index in [1.54, 1.807) is 7.05 Å². The number of aromatic nitrogens is 4. The number of carbonyl (C=O) groups excluding carboxylic acids is 1. The molecule has 0 fully saturated rings. The summed E-state index contributed by atoms with van der Waals surface area (Å²) in [4.78, 5) is 20.2. The number of hydrogen-bond donors (Lipinski definition) is 2. The maximum absolute atomic E-state index is 12.2. The molecule has 1 unspecified atom stereocenters. The Morgan fingerprint density at radius 1 is 1.16 bits per heavy atom. The van der Waals surface area contributed by atoms with Crippen LogP contribution in [-0.4, -0.2) is 33.1 Å². The van der Waals surface area contributed by atoms with E-state index in [0.717, 1.165) is 5.75 Å². The number of ether oxygens (including phenoxy) is 1. The number of para-hydroxylation sites is 1. The van der Waals surface area contributed by atoms with Gasteiger partial charge in [0.15, 0.2) is 5.01 Å². The van der Waals surface area contributed by atoms with Crippen LogP contribution in [0.25, 0.3) is 0 Å². The summed E-state index contributed by atoms with van der Waals surface area (Å²) in [7, 11) is 1.70. The number of carbonyl (C=O) groups is 1. The van der Waals surface area contributed by atoms with E-state index in [2.05, 4.69) is 30.8 Å². The van der Waals surface area contributed by atoms with E-state index in [4.69, 9.17) is 4.74 Å². The molecule has 0 radical (unpaired) electrons. The zero-order chi connectivity index (χ0) is 17.6. The van der Waals surface area contributed by atoms with Crippen molar-refractivity contribution >= 4 is 28.3 Å². The predicted molar refractivity (Wildman–Crippen MR) is 94.9 cm³/mol. The molecule has 0 bridgehead atoms. The van der Waals surface area contributed by atoms with Gasteiger partial charge in [-0.1, -0.05) is 29.5 Å². The van der Waals surface area contributed by atoms with E-state index in [9.17, 15) is 4.79 Å². The van der Waals surface area contributed by atoms with Crippen molar-refractivity contribution in [2.24, 2.45) is 0 Å². The summed E-state index contributed by atoms with van der Waals surface area (Å²) in [6.07, 6.45) is 2.61. The third-order valence-corrected chi connectivity index (χ3v) is 4.20. The van der Waals surface area contributed by atoms with Crippen LogP contribution >= 0.6 is 11.3 Å². The molecule has 0 saturated heterocycles. The predicted octanol–water partition coefficient (Wildman–Crippen LogP) is 2.76. The Bertz CT molecular complexity index is 837. The van der Waals surface area contributed by atoms with Gasteiger partial charge in [0.05, 0.1) is 5.56 Å². The van der Waals surface area contributed by atoms with Gasteiger partial charge in [-0.3, -0.25) is 10.1 Å². The summed E-state index contributed by atoms with van der Waals surface area (Å²) in [6, 6.07) is 9.46. The van der Waals surface area contributed by atoms with Gasteiger partial charge < -0.3 is 10.1 Å². The van der Waals surface area contributed by atoms with Crippen molar-refractivity contribution in [2.45, 2.75) is 13.0 Å². The normalized spacial score (nSPS) is 11.6. The molecule has 0 aliphatic heterocycles. The van der Waals surface area contributed by atoms with Crippen molar-refractivity contribution < 1.29 is 9.53 Å². The lowest BCUT2D eigenvalue weighted by Gasteiger charge is -2.10. The molecule has 25 heavy (non-hydrogen) atoms. The molecule has 0 aliphatic rings. The fourth-order valence-electron chi connectivity index (χ4n) is 1.95. The van der Waals surface area contributed by atoms with Crippen LogP contribution in [-0.2, 0) is 0 Å². The minimum atomic E-state index is -0.345. The number of hydrogen-bond acceptors (Lipinski definition) is 8. The number of nitrogens with zero attached hydrogens (tertiary/aromatic N) is 4. The van der Waals surface area contributed by atoms with Gasteiger partial charge in [0.25, 0.3) is 5.91 Å². The highest BCUT2D eigenvalue weighted by Gasteiger charge is 2.16. The monoisotopic (exact) mass is 356 g/mol. The molecule has 0 saturated carbocycles. The Balaban J connectivity index is 1.63. The maximum atomic E-state index is 12.2. The van der Waals surface area contributed by atoms with Crippen LogP contribution in [0.15, 0.2) is 42.7 Å². The van der Waals surface area contributed by atoms with Crippen LogP contribution in [0.5, 0.6) is 5.75 Å². The molecule has 1 atom stereocenters. The molecule has 128 valence electrons. The molecular weight excluding hydrogens is 340 g/mol. The second kappa shape index (κ2) is 7.67. The number of nitrogens with one attached hydrogen (secondary N) is 2. The average molecular weight is 356 g/mol. The van der Waals surface area contributed by atoms with Crippen LogP contribution in [0.2, 0.25) is 0 Å². The fraction of sp³-hybridized carbons (Fsp3) is 0.188. The van der Waals surface area contributed by atoms with Gasteiger partial charge in [-0.2, -0.15) is 0 Å². The summed E-state index contributed by atoms with van der Waals surface area (Å²) in [5.74, 6) is 0.848. The topological polar surface area (TPSA) is 102 Å². The Morgan fingerprint density at radius 2 is 1.88 bits per heavy atom. The first-order valence-corrected chi connectivity index (χ1v) is 8.33. The van der Waals surface area contributed by atoms with Crippen molar-refractivity contribution in [3.63, 3.8) is 0 Å². The van der Waals surface area contributed by atoms with Crippen molar-refractivity contribution in [1.82, 2.24) is 20.2 Å². The van der Waals surface area contributed by atoms with Crippen molar-refractivity contribution in [3.8, 4) is 5.75 Å². The SMILES string of the molecule is CNc1ncc(C(=O)Nc2nnc(C(C)Oc3ccccc3)s2)cn1. The highest BCUT2D eigenvalue weighted by molar-refractivity contribution is 7.15. The van der Waals surface area contributed by atoms with E-state index in [1.807, 2.05) is 37.3 Å². The van der Waals surface area contributed by atoms with Gasteiger partial charge >= 0.3 is 0 Å². The molecule has 3 aromatic rings. The minimum Gasteiger partial charge on any atom is -0.483 e. The second-order valence-corrected chi connectivity index (χ2v) is 6.03. The van der Waals surface area contributed by atoms with Gasteiger partial charge in [-0.25, -0.2) is 9.97 Å². The molecule has 2 aromatic heterocycles. The molecule has 3 rings (SSSR count). The summed E-state index contributed by atoms with van der Waals surface area (Å²) in [5, 5.41) is 14.6. The highest BCUT2D eigenvalue weighted by atomic mass is 32.1. The van der Waals surface area contributed by atoms with Gasteiger partial charge in [0, 0.05) is 19.4 Å². The number of anilines is 2. The summed E-state index contributed by atoms with van der Waals surface area (Å²) in [5.41, 5.74) is 0.337. The van der Waals surface area contributed by atoms with E-state index < -0.39 is 0 Å². The smallest absolute Gasteiger partial charge is 0.260 e. The molecule has 0 spiro atoms. The molecule has 0 aliphatic carbocycles. The van der Waals surface area contributed by atoms with E-state index in [0.29, 0.717) is 21.7 Å². The number of rotatable bonds is 6. The summed E-state index contributed by atoms with van der Waals surface area (Å²) < 4.78 is 5.80.